The van der Waals surface area contributed by atoms with Crippen LogP contribution in [0.1, 0.15) is 21.5 Å². The molecule has 0 atom stereocenters. The number of rotatable bonds is 16. The SMILES string of the molecule is COc1ccc(Oc2ccc(C(=O)c3ccc(Oc4ccc(-c5ccc(Oc6ccc(S(=O)(=O)c7ccc(C)cc7)cc6)c(SOOO)c5)cc4S(=O)(=O)O)cc3)cc2)cc1. The van der Waals surface area contributed by atoms with Gasteiger partial charge >= 0.3 is 0 Å². The van der Waals surface area contributed by atoms with Crippen LogP contribution in [0.3, 0.4) is 0 Å². The van der Waals surface area contributed by atoms with Gasteiger partial charge in [0.2, 0.25) is 9.84 Å². The van der Waals surface area contributed by atoms with Crippen LogP contribution < -0.4 is 18.9 Å². The van der Waals surface area contributed by atoms with Crippen LogP contribution >= 0.6 is 12.0 Å². The predicted molar refractivity (Wildman–Crippen MR) is 225 cm³/mol. The maximum atomic E-state index is 13.2. The minimum Gasteiger partial charge on any atom is -0.497 e. The predicted octanol–water partition coefficient (Wildman–Crippen LogP) is 10.8. The molecule has 0 radical (unpaired) electrons. The highest BCUT2D eigenvalue weighted by Gasteiger charge is 2.21. The maximum Gasteiger partial charge on any atom is 0.298 e. The van der Waals surface area contributed by atoms with Gasteiger partial charge in [0.1, 0.15) is 45.1 Å². The van der Waals surface area contributed by atoms with Gasteiger partial charge in [-0.3, -0.25) is 9.35 Å². The number of benzene rings is 7. The van der Waals surface area contributed by atoms with Crippen molar-refractivity contribution >= 4 is 37.8 Å². The van der Waals surface area contributed by atoms with Crippen molar-refractivity contribution in [2.75, 3.05) is 7.11 Å². The molecule has 16 heteroatoms. The highest BCUT2D eigenvalue weighted by molar-refractivity contribution is 7.94. The van der Waals surface area contributed by atoms with E-state index in [1.54, 1.807) is 92.0 Å². The van der Waals surface area contributed by atoms with E-state index in [9.17, 15) is 26.2 Å². The molecule has 13 nitrogen and oxygen atoms in total. The van der Waals surface area contributed by atoms with E-state index in [4.69, 9.17) is 24.2 Å². The number of ketones is 1. The molecule has 0 fully saturated rings. The molecule has 61 heavy (non-hydrogen) atoms. The van der Waals surface area contributed by atoms with Gasteiger partial charge in [-0.25, -0.2) is 13.7 Å². The zero-order chi connectivity index (χ0) is 43.1. The lowest BCUT2D eigenvalue weighted by molar-refractivity contribution is -0.432. The molecule has 2 N–H and O–H groups in total. The lowest BCUT2D eigenvalue weighted by atomic mass is 10.0. The fourth-order valence-electron chi connectivity index (χ4n) is 5.95. The van der Waals surface area contributed by atoms with Crippen LogP contribution in [-0.4, -0.2) is 39.5 Å². The number of sulfone groups is 1. The standard InChI is InChI=1S/C45H34O13S3/c1-29-3-21-39(22-4-29)60(48,49)40-23-19-38(20-24-40)55-41-25-9-32(27-43(41)59-58-57-47)33-10-26-42(44(28-33)61(50,51)52)56-37-13-7-31(8-14-37)45(46)30-5-11-35(12-6-30)54-36-17-15-34(53-2)16-18-36/h3-28,47H,1-2H3,(H,50,51,52). The third-order valence-corrected chi connectivity index (χ3v) is 12.4. The van der Waals surface area contributed by atoms with Crippen LogP contribution in [0.2, 0.25) is 0 Å². The molecule has 0 amide bonds. The first-order valence-corrected chi connectivity index (χ1v) is 21.7. The van der Waals surface area contributed by atoms with E-state index in [0.717, 1.165) is 5.56 Å². The van der Waals surface area contributed by atoms with E-state index in [1.165, 1.54) is 72.8 Å². The lowest BCUT2D eigenvalue weighted by Crippen LogP contribution is -2.03. The number of methoxy groups -OCH3 is 1. The molecule has 0 aliphatic heterocycles. The van der Waals surface area contributed by atoms with Crippen LogP contribution in [0.4, 0.5) is 0 Å². The number of carbonyl (C=O) groups excluding carboxylic acids is 1. The molecule has 0 saturated heterocycles. The second kappa shape index (κ2) is 18.4. The normalized spacial score (nSPS) is 11.5. The highest BCUT2D eigenvalue weighted by Crippen LogP contribution is 2.39. The van der Waals surface area contributed by atoms with Gasteiger partial charge in [-0.05, 0) is 152 Å². The molecule has 0 heterocycles. The summed E-state index contributed by atoms with van der Waals surface area (Å²) in [7, 11) is -7.02. The van der Waals surface area contributed by atoms with Crippen molar-refractivity contribution < 1.29 is 59.8 Å². The molecular weight excluding hydrogens is 845 g/mol. The minimum absolute atomic E-state index is 0.0651. The highest BCUT2D eigenvalue weighted by atomic mass is 32.2. The van der Waals surface area contributed by atoms with E-state index in [0.29, 0.717) is 51.5 Å². The molecule has 7 rings (SSSR count). The van der Waals surface area contributed by atoms with Gasteiger partial charge in [-0.2, -0.15) is 8.42 Å². The van der Waals surface area contributed by atoms with Crippen LogP contribution in [0, 0.1) is 6.92 Å². The molecular formula is C45H34O13S3. The van der Waals surface area contributed by atoms with E-state index >= 15 is 0 Å². The van der Waals surface area contributed by atoms with Crippen molar-refractivity contribution in [2.24, 2.45) is 0 Å². The van der Waals surface area contributed by atoms with Gasteiger partial charge in [-0.1, -0.05) is 34.9 Å². The molecule has 7 aromatic carbocycles. The zero-order valence-corrected chi connectivity index (χ0v) is 34.6. The summed E-state index contributed by atoms with van der Waals surface area (Å²) in [6.45, 7) is 1.86. The van der Waals surface area contributed by atoms with Gasteiger partial charge in [0, 0.05) is 11.1 Å². The first kappa shape index (κ1) is 42.6. The lowest BCUT2D eigenvalue weighted by Gasteiger charge is -2.14. The first-order chi connectivity index (χ1) is 29.3. The molecule has 0 aromatic heterocycles. The molecule has 0 unspecified atom stereocenters. The van der Waals surface area contributed by atoms with E-state index in [-0.39, 0.29) is 43.5 Å². The number of aryl methyl sites for hydroxylation is 1. The largest absolute Gasteiger partial charge is 0.497 e. The quantitative estimate of drug-likeness (QED) is 0.0307. The second-order valence-corrected chi connectivity index (χ2v) is 17.3. The summed E-state index contributed by atoms with van der Waals surface area (Å²) < 4.78 is 89.3. The summed E-state index contributed by atoms with van der Waals surface area (Å²) in [4.78, 5) is 13.2. The number of hydrogen-bond donors (Lipinski definition) is 2. The summed E-state index contributed by atoms with van der Waals surface area (Å²) in [5, 5.41) is 12.7. The molecule has 0 spiro atoms. The monoisotopic (exact) mass is 878 g/mol. The molecule has 0 aliphatic rings. The summed E-state index contributed by atoms with van der Waals surface area (Å²) in [5.41, 5.74) is 2.47. The molecule has 0 bridgehead atoms. The fraction of sp³-hybridized carbons (Fsp3) is 0.0444. The summed E-state index contributed by atoms with van der Waals surface area (Å²) >= 11 is 0.580. The van der Waals surface area contributed by atoms with Crippen molar-refractivity contribution in [3.8, 4) is 51.4 Å². The van der Waals surface area contributed by atoms with Crippen LogP contribution in [0.25, 0.3) is 11.1 Å². The van der Waals surface area contributed by atoms with Crippen molar-refractivity contribution in [3.05, 3.63) is 174 Å². The Hall–Kier alpha value is -6.50. The molecule has 7 aromatic rings. The van der Waals surface area contributed by atoms with Gasteiger partial charge in [-0.15, -0.1) is 4.33 Å². The third-order valence-electron chi connectivity index (χ3n) is 9.10. The van der Waals surface area contributed by atoms with E-state index in [1.807, 2.05) is 6.92 Å². The van der Waals surface area contributed by atoms with Crippen molar-refractivity contribution in [2.45, 2.75) is 26.5 Å². The smallest absolute Gasteiger partial charge is 0.298 e. The minimum atomic E-state index is -4.82. The topological polar surface area (TPSA) is 181 Å². The summed E-state index contributed by atoms with van der Waals surface area (Å²) in [6, 6.07) is 40.9. The first-order valence-electron chi connectivity index (χ1n) is 18.1. The second-order valence-electron chi connectivity index (χ2n) is 13.2. The Morgan fingerprint density at radius 2 is 0.984 bits per heavy atom. The van der Waals surface area contributed by atoms with Gasteiger partial charge < -0.3 is 18.9 Å². The van der Waals surface area contributed by atoms with Crippen LogP contribution in [0.15, 0.2) is 177 Å². The average Bonchev–Trinajstić information content (AvgIpc) is 3.27. The van der Waals surface area contributed by atoms with Crippen molar-refractivity contribution in [1.82, 2.24) is 0 Å². The third kappa shape index (κ3) is 10.3. The molecule has 0 saturated carbocycles. The van der Waals surface area contributed by atoms with Crippen molar-refractivity contribution in [3.63, 3.8) is 0 Å². The summed E-state index contributed by atoms with van der Waals surface area (Å²) in [5.74, 6) is 2.08. The zero-order valence-electron chi connectivity index (χ0n) is 32.1. The fourth-order valence-corrected chi connectivity index (χ4v) is 8.32. The molecule has 0 aliphatic carbocycles. The van der Waals surface area contributed by atoms with Crippen LogP contribution in [0.5, 0.6) is 40.2 Å². The Balaban J connectivity index is 1.06. The van der Waals surface area contributed by atoms with Crippen molar-refractivity contribution in [1.29, 1.82) is 0 Å². The Morgan fingerprint density at radius 3 is 1.51 bits per heavy atom. The number of carbonyl (C=O) groups is 1. The van der Waals surface area contributed by atoms with Crippen LogP contribution in [-0.2, 0) is 29.3 Å². The van der Waals surface area contributed by atoms with E-state index < -0.39 is 24.9 Å². The number of ether oxygens (including phenoxy) is 4. The maximum absolute atomic E-state index is 13.2. The Bertz CT molecular complexity index is 2880. The summed E-state index contributed by atoms with van der Waals surface area (Å²) in [6.07, 6.45) is 0. The van der Waals surface area contributed by atoms with Gasteiger partial charge in [0.25, 0.3) is 10.1 Å². The number of hydrogen-bond acceptors (Lipinski definition) is 13. The van der Waals surface area contributed by atoms with E-state index in [2.05, 4.69) is 9.37 Å². The average molecular weight is 879 g/mol. The van der Waals surface area contributed by atoms with Gasteiger partial charge in [0.05, 0.1) is 33.8 Å². The van der Waals surface area contributed by atoms with Gasteiger partial charge in [0.15, 0.2) is 5.78 Å². The Kier molecular flexibility index (Phi) is 12.9. The molecule has 310 valence electrons. The Labute approximate surface area is 355 Å². The Morgan fingerprint density at radius 1 is 0.541 bits per heavy atom.